The van der Waals surface area contributed by atoms with E-state index in [-0.39, 0.29) is 12.2 Å². The minimum absolute atomic E-state index is 0.294. The molecule has 0 bridgehead atoms. The maximum absolute atomic E-state index is 10.7. The van der Waals surface area contributed by atoms with Crippen molar-refractivity contribution in [2.24, 2.45) is 0 Å². The lowest BCUT2D eigenvalue weighted by Crippen LogP contribution is -2.56. The van der Waals surface area contributed by atoms with E-state index in [1.807, 2.05) is 0 Å². The SMILES string of the molecule is CCCCCCCCC(O)CN(CC(O)CCCCCCCC)N1CCN(C)CC1. The number of hydrazine groups is 1. The average Bonchev–Trinajstić information content (AvgIpc) is 2.73. The van der Waals surface area contributed by atoms with E-state index in [4.69, 9.17) is 0 Å². The Bertz CT molecular complexity index is 351. The minimum Gasteiger partial charge on any atom is -0.392 e. The molecule has 2 atom stereocenters. The zero-order valence-corrected chi connectivity index (χ0v) is 20.5. The van der Waals surface area contributed by atoms with Crippen molar-refractivity contribution in [3.8, 4) is 0 Å². The van der Waals surface area contributed by atoms with E-state index in [1.54, 1.807) is 0 Å². The Kier molecular flexibility index (Phi) is 17.1. The minimum atomic E-state index is -0.294. The number of aliphatic hydroxyl groups excluding tert-OH is 2. The van der Waals surface area contributed by atoms with Gasteiger partial charge >= 0.3 is 0 Å². The Labute approximate surface area is 187 Å². The monoisotopic (exact) mass is 427 g/mol. The van der Waals surface area contributed by atoms with E-state index in [2.05, 4.69) is 35.8 Å². The van der Waals surface area contributed by atoms with E-state index >= 15 is 0 Å². The van der Waals surface area contributed by atoms with Gasteiger partial charge in [0.2, 0.25) is 0 Å². The molecule has 1 aliphatic rings. The highest BCUT2D eigenvalue weighted by atomic mass is 16.3. The van der Waals surface area contributed by atoms with Gasteiger partial charge in [-0.15, -0.1) is 0 Å². The van der Waals surface area contributed by atoms with Gasteiger partial charge in [0, 0.05) is 39.3 Å². The van der Waals surface area contributed by atoms with Crippen LogP contribution in [0.2, 0.25) is 0 Å². The van der Waals surface area contributed by atoms with Crippen LogP contribution in [0.1, 0.15) is 104 Å². The van der Waals surface area contributed by atoms with Crippen LogP contribution in [0.15, 0.2) is 0 Å². The second kappa shape index (κ2) is 18.4. The van der Waals surface area contributed by atoms with Gasteiger partial charge in [-0.05, 0) is 19.9 Å². The number of hydrogen-bond acceptors (Lipinski definition) is 5. The fourth-order valence-corrected chi connectivity index (χ4v) is 4.37. The van der Waals surface area contributed by atoms with Crippen molar-refractivity contribution >= 4 is 0 Å². The molecule has 0 amide bonds. The second-order valence-electron chi connectivity index (χ2n) is 9.55. The van der Waals surface area contributed by atoms with Gasteiger partial charge in [-0.25, -0.2) is 10.0 Å². The fraction of sp³-hybridized carbons (Fsp3) is 1.00. The first kappa shape index (κ1) is 27.8. The Balaban J connectivity index is 2.36. The summed E-state index contributed by atoms with van der Waals surface area (Å²) >= 11 is 0. The van der Waals surface area contributed by atoms with Crippen LogP contribution in [0.4, 0.5) is 0 Å². The lowest BCUT2D eigenvalue weighted by atomic mass is 10.1. The van der Waals surface area contributed by atoms with Crippen LogP contribution in [-0.2, 0) is 0 Å². The molecule has 0 radical (unpaired) electrons. The van der Waals surface area contributed by atoms with Crippen molar-refractivity contribution in [2.75, 3.05) is 46.3 Å². The third-order valence-corrected chi connectivity index (χ3v) is 6.50. The summed E-state index contributed by atoms with van der Waals surface area (Å²) in [6, 6.07) is 0. The van der Waals surface area contributed by atoms with Crippen molar-refractivity contribution in [3.05, 3.63) is 0 Å². The molecule has 0 spiro atoms. The van der Waals surface area contributed by atoms with E-state index in [9.17, 15) is 10.2 Å². The number of piperazine rings is 1. The number of nitrogens with zero attached hydrogens (tertiary/aromatic N) is 3. The molecule has 30 heavy (non-hydrogen) atoms. The summed E-state index contributed by atoms with van der Waals surface area (Å²) in [4.78, 5) is 2.36. The van der Waals surface area contributed by atoms with Crippen molar-refractivity contribution in [1.29, 1.82) is 0 Å². The first-order valence-electron chi connectivity index (χ1n) is 13.1. The average molecular weight is 428 g/mol. The smallest absolute Gasteiger partial charge is 0.0681 e. The molecule has 1 heterocycles. The topological polar surface area (TPSA) is 50.2 Å². The maximum atomic E-state index is 10.7. The van der Waals surface area contributed by atoms with Crippen LogP contribution in [0.25, 0.3) is 0 Å². The van der Waals surface area contributed by atoms with Gasteiger partial charge in [0.1, 0.15) is 0 Å². The van der Waals surface area contributed by atoms with Crippen LogP contribution >= 0.6 is 0 Å². The normalized spacial score (nSPS) is 18.2. The van der Waals surface area contributed by atoms with Gasteiger partial charge in [-0.2, -0.15) is 0 Å². The summed E-state index contributed by atoms with van der Waals surface area (Å²) in [6.07, 6.45) is 16.3. The molecule has 180 valence electrons. The van der Waals surface area contributed by atoms with Crippen LogP contribution in [0.5, 0.6) is 0 Å². The molecule has 0 aromatic rings. The number of aliphatic hydroxyl groups is 2. The molecule has 2 N–H and O–H groups in total. The number of likely N-dealkylation sites (N-methyl/N-ethyl adjacent to an activating group) is 1. The lowest BCUT2D eigenvalue weighted by molar-refractivity contribution is -0.0954. The summed E-state index contributed by atoms with van der Waals surface area (Å²) in [5.41, 5.74) is 0. The molecular weight excluding hydrogens is 374 g/mol. The molecule has 0 aromatic heterocycles. The van der Waals surface area contributed by atoms with E-state index in [1.165, 1.54) is 64.2 Å². The second-order valence-corrected chi connectivity index (χ2v) is 9.55. The Hall–Kier alpha value is -0.200. The molecule has 1 fully saturated rings. The Morgan fingerprint density at radius 1 is 0.633 bits per heavy atom. The standard InChI is InChI=1S/C25H53N3O2/c1-4-6-8-10-12-14-16-24(29)22-28(27-20-18-26(3)19-21-27)23-25(30)17-15-13-11-9-7-5-2/h24-25,29-30H,4-23H2,1-3H3. The number of rotatable bonds is 19. The Morgan fingerprint density at radius 3 is 1.47 bits per heavy atom. The van der Waals surface area contributed by atoms with Crippen LogP contribution in [0.3, 0.4) is 0 Å². The van der Waals surface area contributed by atoms with Gasteiger partial charge in [0.05, 0.1) is 12.2 Å². The largest absolute Gasteiger partial charge is 0.392 e. The van der Waals surface area contributed by atoms with Crippen molar-refractivity contribution < 1.29 is 10.2 Å². The van der Waals surface area contributed by atoms with Crippen LogP contribution in [-0.4, -0.2) is 83.7 Å². The lowest BCUT2D eigenvalue weighted by Gasteiger charge is -2.41. The zero-order chi connectivity index (χ0) is 22.0. The number of unbranched alkanes of at least 4 members (excludes halogenated alkanes) is 10. The van der Waals surface area contributed by atoms with E-state index in [0.29, 0.717) is 13.1 Å². The predicted octanol–water partition coefficient (Wildman–Crippen LogP) is 4.67. The third-order valence-electron chi connectivity index (χ3n) is 6.50. The van der Waals surface area contributed by atoms with E-state index < -0.39 is 0 Å². The molecule has 0 saturated carbocycles. The maximum Gasteiger partial charge on any atom is 0.0681 e. The van der Waals surface area contributed by atoms with Gasteiger partial charge in [0.15, 0.2) is 0 Å². The van der Waals surface area contributed by atoms with Crippen molar-refractivity contribution in [1.82, 2.24) is 14.9 Å². The molecule has 0 aliphatic carbocycles. The van der Waals surface area contributed by atoms with Gasteiger partial charge < -0.3 is 15.1 Å². The van der Waals surface area contributed by atoms with Crippen LogP contribution < -0.4 is 0 Å². The highest BCUT2D eigenvalue weighted by molar-refractivity contribution is 4.73. The third kappa shape index (κ3) is 14.0. The highest BCUT2D eigenvalue weighted by Crippen LogP contribution is 2.14. The van der Waals surface area contributed by atoms with Crippen molar-refractivity contribution in [3.63, 3.8) is 0 Å². The molecule has 1 saturated heterocycles. The Morgan fingerprint density at radius 2 is 1.03 bits per heavy atom. The molecular formula is C25H53N3O2. The summed E-state index contributed by atoms with van der Waals surface area (Å²) in [5, 5.41) is 25.9. The van der Waals surface area contributed by atoms with Crippen molar-refractivity contribution in [2.45, 2.75) is 116 Å². The summed E-state index contributed by atoms with van der Waals surface area (Å²) in [5.74, 6) is 0. The summed E-state index contributed by atoms with van der Waals surface area (Å²) < 4.78 is 0. The summed E-state index contributed by atoms with van der Waals surface area (Å²) in [6.45, 7) is 9.90. The van der Waals surface area contributed by atoms with Gasteiger partial charge in [-0.3, -0.25) is 0 Å². The molecule has 1 aliphatic heterocycles. The van der Waals surface area contributed by atoms with Gasteiger partial charge in [-0.1, -0.05) is 90.9 Å². The highest BCUT2D eigenvalue weighted by Gasteiger charge is 2.24. The number of hydrogen-bond donors (Lipinski definition) is 2. The summed E-state index contributed by atoms with van der Waals surface area (Å²) in [7, 11) is 2.17. The quantitative estimate of drug-likeness (QED) is 0.293. The predicted molar refractivity (Wildman–Crippen MR) is 129 cm³/mol. The first-order valence-corrected chi connectivity index (χ1v) is 13.1. The molecule has 0 aromatic carbocycles. The van der Waals surface area contributed by atoms with Gasteiger partial charge in [0.25, 0.3) is 0 Å². The first-order chi connectivity index (χ1) is 14.6. The van der Waals surface area contributed by atoms with Crippen LogP contribution in [0, 0.1) is 0 Å². The molecule has 5 heteroatoms. The molecule has 1 rings (SSSR count). The molecule has 5 nitrogen and oxygen atoms in total. The zero-order valence-electron chi connectivity index (χ0n) is 20.5. The molecule has 2 unspecified atom stereocenters. The fourth-order valence-electron chi connectivity index (χ4n) is 4.37. The van der Waals surface area contributed by atoms with E-state index in [0.717, 1.165) is 51.9 Å².